The summed E-state index contributed by atoms with van der Waals surface area (Å²) in [5.41, 5.74) is 5.69. The van der Waals surface area contributed by atoms with Crippen LogP contribution in [0.4, 0.5) is 17.5 Å². The molecule has 0 bridgehead atoms. The van der Waals surface area contributed by atoms with Gasteiger partial charge in [-0.25, -0.2) is 4.98 Å². The quantitative estimate of drug-likeness (QED) is 0.215. The number of aromatic nitrogens is 2. The van der Waals surface area contributed by atoms with Crippen molar-refractivity contribution in [3.8, 4) is 11.1 Å². The summed E-state index contributed by atoms with van der Waals surface area (Å²) in [4.78, 5) is 19.7. The van der Waals surface area contributed by atoms with Crippen LogP contribution in [-0.2, 0) is 13.1 Å². The number of anilines is 2. The summed E-state index contributed by atoms with van der Waals surface area (Å²) in [7, 11) is 1.94. The van der Waals surface area contributed by atoms with Gasteiger partial charge >= 0.3 is 5.69 Å². The average molecular weight is 505 g/mol. The normalized spacial score (nSPS) is 17.4. The number of rotatable bonds is 11. The minimum absolute atomic E-state index is 0.130. The van der Waals surface area contributed by atoms with E-state index in [2.05, 4.69) is 69.2 Å². The van der Waals surface area contributed by atoms with E-state index in [9.17, 15) is 15.2 Å². The van der Waals surface area contributed by atoms with Crippen LogP contribution in [0.3, 0.4) is 0 Å². The van der Waals surface area contributed by atoms with E-state index in [1.807, 2.05) is 13.1 Å². The number of aliphatic hydroxyl groups is 1. The number of nitrogens with zero attached hydrogens (tertiary/aromatic N) is 3. The molecule has 1 aromatic heterocycles. The fourth-order valence-electron chi connectivity index (χ4n) is 5.00. The van der Waals surface area contributed by atoms with Crippen molar-refractivity contribution < 1.29 is 10.0 Å². The van der Waals surface area contributed by atoms with E-state index < -0.39 is 4.92 Å². The molecule has 196 valence electrons. The number of benzene rings is 2. The van der Waals surface area contributed by atoms with E-state index in [1.165, 1.54) is 17.3 Å². The Balaban J connectivity index is 1.45. The highest BCUT2D eigenvalue weighted by Crippen LogP contribution is 2.30. The van der Waals surface area contributed by atoms with Crippen LogP contribution in [0.1, 0.15) is 42.4 Å². The molecule has 3 aromatic rings. The van der Waals surface area contributed by atoms with Gasteiger partial charge in [0.1, 0.15) is 6.20 Å². The highest BCUT2D eigenvalue weighted by atomic mass is 16.6. The monoisotopic (exact) mass is 504 g/mol. The Bertz CT molecular complexity index is 1210. The summed E-state index contributed by atoms with van der Waals surface area (Å²) < 4.78 is 0. The van der Waals surface area contributed by atoms with Crippen LogP contribution in [0.5, 0.6) is 0 Å². The second-order valence-corrected chi connectivity index (χ2v) is 9.81. The lowest BCUT2D eigenvalue weighted by atomic mass is 9.82. The molecule has 1 heterocycles. The van der Waals surface area contributed by atoms with Crippen molar-refractivity contribution in [3.63, 3.8) is 0 Å². The van der Waals surface area contributed by atoms with Gasteiger partial charge in [0.15, 0.2) is 0 Å². The molecule has 0 radical (unpaired) electrons. The third-order valence-electron chi connectivity index (χ3n) is 7.25. The summed E-state index contributed by atoms with van der Waals surface area (Å²) in [6, 6.07) is 14.7. The SMILES string of the molecule is CNCc1cccc(-c2cccc(CNc3ncc([N+](=O)[O-])c(NCC4CCC(CO)CC4)n3)c2C)c1. The van der Waals surface area contributed by atoms with Gasteiger partial charge in [-0.05, 0) is 85.4 Å². The van der Waals surface area contributed by atoms with Crippen LogP contribution in [0.2, 0.25) is 0 Å². The van der Waals surface area contributed by atoms with E-state index in [0.717, 1.165) is 48.9 Å². The fraction of sp³-hybridized carbons (Fsp3) is 0.429. The summed E-state index contributed by atoms with van der Waals surface area (Å²) >= 11 is 0. The maximum Gasteiger partial charge on any atom is 0.329 e. The summed E-state index contributed by atoms with van der Waals surface area (Å²) in [6.07, 6.45) is 5.22. The maximum absolute atomic E-state index is 11.6. The molecule has 1 aliphatic rings. The van der Waals surface area contributed by atoms with Gasteiger partial charge in [-0.1, -0.05) is 36.4 Å². The first-order valence-corrected chi connectivity index (χ1v) is 12.9. The molecule has 9 heteroatoms. The van der Waals surface area contributed by atoms with Gasteiger partial charge in [0.05, 0.1) is 4.92 Å². The largest absolute Gasteiger partial charge is 0.396 e. The zero-order valence-corrected chi connectivity index (χ0v) is 21.5. The molecule has 1 fully saturated rings. The van der Waals surface area contributed by atoms with Gasteiger partial charge < -0.3 is 21.1 Å². The topological polar surface area (TPSA) is 125 Å². The second-order valence-electron chi connectivity index (χ2n) is 9.81. The molecule has 0 unspecified atom stereocenters. The van der Waals surface area contributed by atoms with Gasteiger partial charge in [0, 0.05) is 26.2 Å². The Kier molecular flexibility index (Phi) is 9.03. The molecule has 37 heavy (non-hydrogen) atoms. The molecule has 1 saturated carbocycles. The molecule has 1 aliphatic carbocycles. The minimum atomic E-state index is -0.454. The summed E-state index contributed by atoms with van der Waals surface area (Å²) in [5.74, 6) is 1.36. The number of hydrogen-bond acceptors (Lipinski definition) is 8. The van der Waals surface area contributed by atoms with Crippen LogP contribution < -0.4 is 16.0 Å². The van der Waals surface area contributed by atoms with Crippen molar-refractivity contribution in [3.05, 3.63) is 75.5 Å². The molecule has 0 saturated heterocycles. The predicted octanol–water partition coefficient (Wildman–Crippen LogP) is 4.90. The third-order valence-corrected chi connectivity index (χ3v) is 7.25. The van der Waals surface area contributed by atoms with E-state index in [0.29, 0.717) is 30.9 Å². The molecule has 4 N–H and O–H groups in total. The average Bonchev–Trinajstić information content (AvgIpc) is 2.92. The molecule has 2 aromatic carbocycles. The molecular formula is C28H36N6O3. The molecule has 0 atom stereocenters. The van der Waals surface area contributed by atoms with Crippen molar-refractivity contribution in [1.82, 2.24) is 15.3 Å². The van der Waals surface area contributed by atoms with Crippen molar-refractivity contribution in [2.45, 2.75) is 45.7 Å². The van der Waals surface area contributed by atoms with E-state index in [4.69, 9.17) is 0 Å². The Morgan fingerprint density at radius 3 is 2.54 bits per heavy atom. The lowest BCUT2D eigenvalue weighted by Crippen LogP contribution is -2.23. The maximum atomic E-state index is 11.6. The first-order valence-electron chi connectivity index (χ1n) is 12.9. The fourth-order valence-corrected chi connectivity index (χ4v) is 5.00. The number of hydrogen-bond donors (Lipinski definition) is 4. The highest BCUT2D eigenvalue weighted by molar-refractivity contribution is 5.69. The number of aliphatic hydroxyl groups excluding tert-OH is 1. The molecule has 0 aliphatic heterocycles. The molecule has 0 spiro atoms. The van der Waals surface area contributed by atoms with Crippen LogP contribution >= 0.6 is 0 Å². The first-order chi connectivity index (χ1) is 18.0. The zero-order valence-electron chi connectivity index (χ0n) is 21.5. The Hall–Kier alpha value is -3.56. The van der Waals surface area contributed by atoms with Crippen molar-refractivity contribution >= 4 is 17.5 Å². The summed E-state index contributed by atoms with van der Waals surface area (Å²) in [5, 5.41) is 30.5. The predicted molar refractivity (Wildman–Crippen MR) is 146 cm³/mol. The van der Waals surface area contributed by atoms with Gasteiger partial charge in [0.2, 0.25) is 11.8 Å². The van der Waals surface area contributed by atoms with Gasteiger partial charge in [-0.3, -0.25) is 10.1 Å². The van der Waals surface area contributed by atoms with E-state index in [-0.39, 0.29) is 18.1 Å². The molecular weight excluding hydrogens is 468 g/mol. The third kappa shape index (κ3) is 6.81. The van der Waals surface area contributed by atoms with Crippen molar-refractivity contribution in [2.75, 3.05) is 30.8 Å². The number of nitrogens with one attached hydrogen (secondary N) is 3. The standard InChI is InChI=1S/C28H36N6O3/c1-19-24(7-4-8-25(19)23-6-3-5-22(13-23)14-29-2)16-31-28-32-17-26(34(36)37)27(33-28)30-15-20-9-11-21(18-35)12-10-20/h3-8,13,17,20-21,29,35H,9-12,14-16,18H2,1-2H3,(H2,30,31,32,33). The lowest BCUT2D eigenvalue weighted by molar-refractivity contribution is -0.384. The van der Waals surface area contributed by atoms with Crippen LogP contribution in [0, 0.1) is 28.9 Å². The van der Waals surface area contributed by atoms with Gasteiger partial charge in [-0.15, -0.1) is 0 Å². The van der Waals surface area contributed by atoms with Crippen molar-refractivity contribution in [1.29, 1.82) is 0 Å². The van der Waals surface area contributed by atoms with Crippen LogP contribution in [-0.4, -0.2) is 40.2 Å². The molecule has 9 nitrogen and oxygen atoms in total. The van der Waals surface area contributed by atoms with Crippen molar-refractivity contribution in [2.24, 2.45) is 11.8 Å². The lowest BCUT2D eigenvalue weighted by Gasteiger charge is -2.27. The Morgan fingerprint density at radius 1 is 1.05 bits per heavy atom. The second kappa shape index (κ2) is 12.6. The van der Waals surface area contributed by atoms with E-state index in [1.54, 1.807) is 0 Å². The Labute approximate surface area is 217 Å². The molecule has 4 rings (SSSR count). The minimum Gasteiger partial charge on any atom is -0.396 e. The smallest absolute Gasteiger partial charge is 0.329 e. The zero-order chi connectivity index (χ0) is 26.2. The first kappa shape index (κ1) is 26.5. The molecule has 0 amide bonds. The van der Waals surface area contributed by atoms with E-state index >= 15 is 0 Å². The number of nitro groups is 1. The highest BCUT2D eigenvalue weighted by Gasteiger charge is 2.23. The van der Waals surface area contributed by atoms with Crippen LogP contribution in [0.15, 0.2) is 48.7 Å². The Morgan fingerprint density at radius 2 is 1.81 bits per heavy atom. The van der Waals surface area contributed by atoms with Gasteiger partial charge in [0.25, 0.3) is 0 Å². The van der Waals surface area contributed by atoms with Crippen LogP contribution in [0.25, 0.3) is 11.1 Å². The van der Waals surface area contributed by atoms with Gasteiger partial charge in [-0.2, -0.15) is 4.98 Å². The summed E-state index contributed by atoms with van der Waals surface area (Å²) in [6.45, 7) is 4.26.